The number of rotatable bonds is 0. The maximum atomic E-state index is 12.6. The van der Waals surface area contributed by atoms with Crippen molar-refractivity contribution in [1.29, 1.82) is 0 Å². The van der Waals surface area contributed by atoms with E-state index in [0.717, 1.165) is 0 Å². The lowest BCUT2D eigenvalue weighted by Gasteiger charge is -2.36. The summed E-state index contributed by atoms with van der Waals surface area (Å²) in [6, 6.07) is 14.2. The second kappa shape index (κ2) is 4.70. The summed E-state index contributed by atoms with van der Waals surface area (Å²) < 4.78 is 11.8. The number of phenols is 2. The summed E-state index contributed by atoms with van der Waals surface area (Å²) in [5, 5.41) is 19.7. The van der Waals surface area contributed by atoms with Crippen LogP contribution in [0.4, 0.5) is 5.69 Å². The van der Waals surface area contributed by atoms with Crippen LogP contribution in [0.3, 0.4) is 0 Å². The number of esters is 1. The fraction of sp³-hybridized carbons (Fsp3) is 0.0500. The normalized spacial score (nSPS) is 15.6. The molecular formula is C20H13NO5. The molecule has 0 bridgehead atoms. The fourth-order valence-corrected chi connectivity index (χ4v) is 3.79. The number of aromatic hydroxyl groups is 2. The molecule has 2 aliphatic heterocycles. The first-order chi connectivity index (χ1) is 12.5. The fourth-order valence-electron chi connectivity index (χ4n) is 3.79. The van der Waals surface area contributed by atoms with Crippen molar-refractivity contribution in [1.82, 2.24) is 0 Å². The number of hydrogen-bond donors (Lipinski definition) is 3. The molecule has 3 aromatic rings. The van der Waals surface area contributed by atoms with Gasteiger partial charge in [0.25, 0.3) is 0 Å². The third kappa shape index (κ3) is 1.68. The van der Waals surface area contributed by atoms with Gasteiger partial charge in [-0.1, -0.05) is 6.07 Å². The molecule has 2 heterocycles. The van der Waals surface area contributed by atoms with Crippen LogP contribution < -0.4 is 10.5 Å². The molecule has 0 saturated heterocycles. The van der Waals surface area contributed by atoms with Crippen molar-refractivity contribution < 1.29 is 24.5 Å². The van der Waals surface area contributed by atoms with Crippen molar-refractivity contribution in [3.8, 4) is 23.0 Å². The van der Waals surface area contributed by atoms with Gasteiger partial charge in [-0.15, -0.1) is 0 Å². The minimum atomic E-state index is -1.30. The molecule has 3 aromatic carbocycles. The molecule has 0 fully saturated rings. The molecule has 0 aromatic heterocycles. The number of ether oxygens (including phenoxy) is 2. The van der Waals surface area contributed by atoms with E-state index in [9.17, 15) is 15.0 Å². The first kappa shape index (κ1) is 14.7. The SMILES string of the molecule is Nc1cccc2c1C1(OC2=O)c2ccc(O)cc2Oc2cc(O)ccc21. The number of phenolic OH excluding ortho intramolecular Hbond substituents is 2. The Kier molecular flexibility index (Phi) is 2.65. The zero-order valence-electron chi connectivity index (χ0n) is 13.4. The molecule has 0 amide bonds. The standard InChI is InChI=1S/C20H13NO5/c21-15-3-1-2-12-18(15)20(26-19(12)24)13-6-4-10(22)8-16(13)25-17-9-11(23)5-7-14(17)20/h1-9,22-23H,21H2. The lowest BCUT2D eigenvalue weighted by Crippen LogP contribution is -2.33. The molecular weight excluding hydrogens is 334 g/mol. The Hall–Kier alpha value is -3.67. The summed E-state index contributed by atoms with van der Waals surface area (Å²) in [5.74, 6) is 0.174. The van der Waals surface area contributed by atoms with Gasteiger partial charge in [-0.2, -0.15) is 0 Å². The van der Waals surface area contributed by atoms with Crippen LogP contribution in [0.1, 0.15) is 27.0 Å². The maximum absolute atomic E-state index is 12.6. The number of anilines is 1. The van der Waals surface area contributed by atoms with Crippen molar-refractivity contribution in [2.75, 3.05) is 5.73 Å². The van der Waals surface area contributed by atoms with Crippen LogP contribution in [0.25, 0.3) is 0 Å². The quantitative estimate of drug-likeness (QED) is 0.426. The minimum Gasteiger partial charge on any atom is -0.508 e. The van der Waals surface area contributed by atoms with E-state index in [0.29, 0.717) is 39.4 Å². The highest BCUT2D eigenvalue weighted by molar-refractivity contribution is 5.99. The Morgan fingerprint density at radius 1 is 0.885 bits per heavy atom. The predicted molar refractivity (Wildman–Crippen MR) is 92.4 cm³/mol. The summed E-state index contributed by atoms with van der Waals surface area (Å²) in [6.45, 7) is 0. The molecule has 128 valence electrons. The van der Waals surface area contributed by atoms with Crippen LogP contribution in [0, 0.1) is 0 Å². The summed E-state index contributed by atoms with van der Waals surface area (Å²) in [5.41, 5.74) is 7.37. The minimum absolute atomic E-state index is 0.00748. The molecule has 1 spiro atoms. The van der Waals surface area contributed by atoms with Crippen LogP contribution >= 0.6 is 0 Å². The zero-order chi connectivity index (χ0) is 18.1. The first-order valence-electron chi connectivity index (χ1n) is 7.98. The Balaban J connectivity index is 1.94. The van der Waals surface area contributed by atoms with Crippen LogP contribution in [-0.2, 0) is 10.3 Å². The highest BCUT2D eigenvalue weighted by Crippen LogP contribution is 2.58. The van der Waals surface area contributed by atoms with E-state index in [-0.39, 0.29) is 11.5 Å². The zero-order valence-corrected chi connectivity index (χ0v) is 13.4. The molecule has 0 unspecified atom stereocenters. The van der Waals surface area contributed by atoms with Gasteiger partial charge in [0.1, 0.15) is 23.0 Å². The van der Waals surface area contributed by atoms with E-state index in [1.165, 1.54) is 24.3 Å². The van der Waals surface area contributed by atoms with Crippen LogP contribution in [-0.4, -0.2) is 16.2 Å². The van der Waals surface area contributed by atoms with Gasteiger partial charge >= 0.3 is 5.97 Å². The number of hydrogen-bond acceptors (Lipinski definition) is 6. The van der Waals surface area contributed by atoms with E-state index >= 15 is 0 Å². The molecule has 6 heteroatoms. The van der Waals surface area contributed by atoms with Gasteiger partial charge < -0.3 is 25.4 Å². The summed E-state index contributed by atoms with van der Waals surface area (Å²) in [4.78, 5) is 12.6. The van der Waals surface area contributed by atoms with E-state index < -0.39 is 11.6 Å². The van der Waals surface area contributed by atoms with Gasteiger partial charge in [-0.3, -0.25) is 0 Å². The van der Waals surface area contributed by atoms with Crippen molar-refractivity contribution in [3.05, 3.63) is 76.9 Å². The molecule has 0 aliphatic carbocycles. The topological polar surface area (TPSA) is 102 Å². The van der Waals surface area contributed by atoms with E-state index in [1.54, 1.807) is 30.3 Å². The molecule has 4 N–H and O–H groups in total. The number of nitrogens with two attached hydrogens (primary N) is 1. The molecule has 6 nitrogen and oxygen atoms in total. The number of nitrogen functional groups attached to an aromatic ring is 1. The second-order valence-corrected chi connectivity index (χ2v) is 6.30. The molecule has 0 radical (unpaired) electrons. The van der Waals surface area contributed by atoms with Gasteiger partial charge in [0.2, 0.25) is 0 Å². The number of benzene rings is 3. The van der Waals surface area contributed by atoms with Gasteiger partial charge in [0.05, 0.1) is 5.56 Å². The van der Waals surface area contributed by atoms with Crippen molar-refractivity contribution in [2.45, 2.75) is 5.60 Å². The number of carbonyl (C=O) groups is 1. The highest BCUT2D eigenvalue weighted by Gasteiger charge is 2.54. The van der Waals surface area contributed by atoms with Crippen LogP contribution in [0.2, 0.25) is 0 Å². The summed E-state index contributed by atoms with van der Waals surface area (Å²) >= 11 is 0. The Labute approximate surface area is 148 Å². The van der Waals surface area contributed by atoms with E-state index in [1.807, 2.05) is 0 Å². The Morgan fingerprint density at radius 3 is 2.12 bits per heavy atom. The maximum Gasteiger partial charge on any atom is 0.340 e. The molecule has 0 atom stereocenters. The highest BCUT2D eigenvalue weighted by atomic mass is 16.6. The molecule has 2 aliphatic rings. The largest absolute Gasteiger partial charge is 0.508 e. The van der Waals surface area contributed by atoms with E-state index in [4.69, 9.17) is 15.2 Å². The molecule has 26 heavy (non-hydrogen) atoms. The van der Waals surface area contributed by atoms with Crippen molar-refractivity contribution in [2.24, 2.45) is 0 Å². The first-order valence-corrected chi connectivity index (χ1v) is 7.98. The van der Waals surface area contributed by atoms with Gasteiger partial charge in [-0.05, 0) is 36.4 Å². The van der Waals surface area contributed by atoms with Crippen molar-refractivity contribution >= 4 is 11.7 Å². The van der Waals surface area contributed by atoms with Crippen LogP contribution in [0.15, 0.2) is 54.6 Å². The Bertz CT molecular complexity index is 1050. The van der Waals surface area contributed by atoms with Crippen LogP contribution in [0.5, 0.6) is 23.0 Å². The smallest absolute Gasteiger partial charge is 0.340 e. The third-order valence-electron chi connectivity index (χ3n) is 4.82. The third-order valence-corrected chi connectivity index (χ3v) is 4.82. The molecule has 5 rings (SSSR count). The van der Waals surface area contributed by atoms with Crippen molar-refractivity contribution in [3.63, 3.8) is 0 Å². The average Bonchev–Trinajstić information content (AvgIpc) is 2.89. The Morgan fingerprint density at radius 2 is 1.50 bits per heavy atom. The van der Waals surface area contributed by atoms with E-state index in [2.05, 4.69) is 0 Å². The average molecular weight is 347 g/mol. The monoisotopic (exact) mass is 347 g/mol. The summed E-state index contributed by atoms with van der Waals surface area (Å²) in [7, 11) is 0. The molecule has 0 saturated carbocycles. The number of carbonyl (C=O) groups excluding carboxylic acids is 1. The lowest BCUT2D eigenvalue weighted by molar-refractivity contribution is 0.0226. The second-order valence-electron chi connectivity index (χ2n) is 6.30. The predicted octanol–water partition coefficient (Wildman–Crippen LogP) is 3.25. The van der Waals surface area contributed by atoms with Gasteiger partial charge in [0.15, 0.2) is 5.60 Å². The number of fused-ring (bicyclic) bond motifs is 6. The van der Waals surface area contributed by atoms with Gasteiger partial charge in [0, 0.05) is 34.5 Å². The van der Waals surface area contributed by atoms with Gasteiger partial charge in [-0.25, -0.2) is 4.79 Å². The lowest BCUT2D eigenvalue weighted by atomic mass is 9.77. The summed E-state index contributed by atoms with van der Waals surface area (Å²) in [6.07, 6.45) is 0.